The van der Waals surface area contributed by atoms with Gasteiger partial charge in [0.25, 0.3) is 0 Å². The van der Waals surface area contributed by atoms with E-state index in [-0.39, 0.29) is 36.6 Å². The topological polar surface area (TPSA) is 0 Å². The van der Waals surface area contributed by atoms with E-state index in [0.717, 1.165) is 9.52 Å². The minimum absolute atomic E-state index is 0. The fraction of sp³-hybridized carbons (Fsp3) is 0.103. The van der Waals surface area contributed by atoms with E-state index < -0.39 is 0 Å². The van der Waals surface area contributed by atoms with Gasteiger partial charge in [-0.05, 0) is 0 Å². The summed E-state index contributed by atoms with van der Waals surface area (Å²) in [4.78, 5) is 0. The predicted octanol–water partition coefficient (Wildman–Crippen LogP) is 7.70. The molecule has 0 aromatic heterocycles. The normalized spacial score (nSPS) is 9.13. The van der Waals surface area contributed by atoms with E-state index in [1.165, 1.54) is 37.9 Å². The Labute approximate surface area is 206 Å². The van der Waals surface area contributed by atoms with Crippen LogP contribution in [0.2, 0.25) is 6.55 Å². The van der Waals surface area contributed by atoms with Crippen molar-refractivity contribution in [2.24, 2.45) is 0 Å². The Morgan fingerprint density at radius 1 is 0.581 bits per heavy atom. The van der Waals surface area contributed by atoms with Gasteiger partial charge in [-0.3, -0.25) is 0 Å². The summed E-state index contributed by atoms with van der Waals surface area (Å²) in [5.74, 6) is 0. The molecule has 31 heavy (non-hydrogen) atoms. The third-order valence-corrected chi connectivity index (χ3v) is 5.50. The standard InChI is InChI=1S/2C10H9.C7H8Si.2CH3.Ti/c2*1-8-6-9-4-2-3-5-10(9)7-8;1-8-7-5-3-2-4-6-7;;;/h2*2-7H,1H3;2-6H,1H3;2*1H3;/q2*-1;;2*-1;+4. The number of fused-ring (bicyclic) bond motifs is 2. The van der Waals surface area contributed by atoms with Crippen LogP contribution in [0.5, 0.6) is 0 Å². The van der Waals surface area contributed by atoms with Crippen LogP contribution in [0.15, 0.2) is 103 Å². The van der Waals surface area contributed by atoms with Crippen molar-refractivity contribution in [2.45, 2.75) is 20.4 Å². The molecule has 0 spiro atoms. The maximum atomic E-state index is 2.20. The summed E-state index contributed by atoms with van der Waals surface area (Å²) < 4.78 is 0. The van der Waals surface area contributed by atoms with Gasteiger partial charge < -0.3 is 14.9 Å². The fourth-order valence-corrected chi connectivity index (χ4v) is 3.74. The van der Waals surface area contributed by atoms with Crippen LogP contribution in [-0.2, 0) is 21.7 Å². The zero-order valence-corrected chi connectivity index (χ0v) is 21.9. The molecular weight excluding hydrogens is 424 g/mol. The second kappa shape index (κ2) is 14.8. The first-order valence-corrected chi connectivity index (χ1v) is 11.1. The Hall–Kier alpha value is -2.19. The Morgan fingerprint density at radius 3 is 1.32 bits per heavy atom. The molecule has 2 heteroatoms. The van der Waals surface area contributed by atoms with Gasteiger partial charge in [0.1, 0.15) is 0 Å². The quantitative estimate of drug-likeness (QED) is 0.179. The first-order valence-electron chi connectivity index (χ1n) is 9.62. The maximum Gasteiger partial charge on any atom is 4.00 e. The molecule has 0 N–H and O–H groups in total. The Balaban J connectivity index is 0.000000419. The van der Waals surface area contributed by atoms with E-state index >= 15 is 0 Å². The molecule has 2 radical (unpaired) electrons. The average molecular weight is 457 g/mol. The van der Waals surface area contributed by atoms with Crippen LogP contribution in [0, 0.1) is 28.7 Å². The van der Waals surface area contributed by atoms with Crippen molar-refractivity contribution in [1.29, 1.82) is 0 Å². The number of rotatable bonds is 1. The van der Waals surface area contributed by atoms with E-state index in [1.807, 2.05) is 6.07 Å². The predicted molar refractivity (Wildman–Crippen MR) is 139 cm³/mol. The summed E-state index contributed by atoms with van der Waals surface area (Å²) in [5.41, 5.74) is 2.70. The van der Waals surface area contributed by atoms with Crippen LogP contribution < -0.4 is 5.19 Å². The Morgan fingerprint density at radius 2 is 0.968 bits per heavy atom. The molecule has 0 aliphatic heterocycles. The molecule has 5 rings (SSSR count). The van der Waals surface area contributed by atoms with Crippen LogP contribution in [0.3, 0.4) is 0 Å². The summed E-state index contributed by atoms with van der Waals surface area (Å²) in [6.07, 6.45) is 0. The van der Waals surface area contributed by atoms with Gasteiger partial charge in [0, 0.05) is 0 Å². The minimum atomic E-state index is 0. The molecule has 0 nitrogen and oxygen atoms in total. The molecule has 0 saturated carbocycles. The maximum absolute atomic E-state index is 2.20. The molecule has 0 bridgehead atoms. The van der Waals surface area contributed by atoms with Crippen LogP contribution >= 0.6 is 0 Å². The smallest absolute Gasteiger partial charge is 0.358 e. The van der Waals surface area contributed by atoms with Crippen molar-refractivity contribution in [1.82, 2.24) is 0 Å². The van der Waals surface area contributed by atoms with E-state index in [0.29, 0.717) is 0 Å². The summed E-state index contributed by atoms with van der Waals surface area (Å²) >= 11 is 0. The van der Waals surface area contributed by atoms with Gasteiger partial charge in [-0.15, -0.1) is 81.2 Å². The van der Waals surface area contributed by atoms with Gasteiger partial charge in [0.15, 0.2) is 0 Å². The van der Waals surface area contributed by atoms with Crippen molar-refractivity contribution < 1.29 is 21.7 Å². The van der Waals surface area contributed by atoms with Crippen molar-refractivity contribution in [3.63, 3.8) is 0 Å². The fourth-order valence-electron chi connectivity index (χ4n) is 3.22. The number of benzene rings is 3. The Kier molecular flexibility index (Phi) is 13.7. The minimum Gasteiger partial charge on any atom is -0.358 e. The summed E-state index contributed by atoms with van der Waals surface area (Å²) in [7, 11) is 0.930. The zero-order valence-electron chi connectivity index (χ0n) is 19.3. The van der Waals surface area contributed by atoms with E-state index in [2.05, 4.69) is 117 Å². The van der Waals surface area contributed by atoms with Gasteiger partial charge in [0.05, 0.1) is 9.52 Å². The van der Waals surface area contributed by atoms with Crippen LogP contribution in [0.1, 0.15) is 11.1 Å². The van der Waals surface area contributed by atoms with Gasteiger partial charge in [0.2, 0.25) is 0 Å². The van der Waals surface area contributed by atoms with E-state index in [9.17, 15) is 0 Å². The van der Waals surface area contributed by atoms with Crippen molar-refractivity contribution in [3.05, 3.63) is 129 Å². The molecule has 5 aromatic carbocycles. The Bertz CT molecular complexity index is 981. The van der Waals surface area contributed by atoms with Crippen LogP contribution in [0.4, 0.5) is 0 Å². The van der Waals surface area contributed by atoms with Gasteiger partial charge >= 0.3 is 21.7 Å². The third-order valence-electron chi connectivity index (χ3n) is 4.59. The van der Waals surface area contributed by atoms with Crippen molar-refractivity contribution >= 4 is 36.3 Å². The van der Waals surface area contributed by atoms with E-state index in [4.69, 9.17) is 0 Å². The van der Waals surface area contributed by atoms with E-state index in [1.54, 1.807) is 0 Å². The second-order valence-corrected chi connectivity index (χ2v) is 8.02. The van der Waals surface area contributed by atoms with Gasteiger partial charge in [-0.1, -0.05) is 68.0 Å². The third kappa shape index (κ3) is 8.83. The zero-order chi connectivity index (χ0) is 19.8. The number of hydrogen-bond donors (Lipinski definition) is 0. The molecule has 0 aliphatic carbocycles. The number of aryl methyl sites for hydroxylation is 2. The van der Waals surface area contributed by atoms with Crippen molar-refractivity contribution in [3.8, 4) is 0 Å². The molecule has 156 valence electrons. The molecular formula is C29H32SiTi. The molecule has 0 unspecified atom stereocenters. The first kappa shape index (κ1) is 28.8. The largest absolute Gasteiger partial charge is 4.00 e. The summed E-state index contributed by atoms with van der Waals surface area (Å²) in [5, 5.41) is 6.83. The molecule has 5 aromatic rings. The van der Waals surface area contributed by atoms with Crippen LogP contribution in [0.25, 0.3) is 21.5 Å². The van der Waals surface area contributed by atoms with Gasteiger partial charge in [-0.25, -0.2) is 0 Å². The molecule has 0 saturated heterocycles. The molecule has 0 fully saturated rings. The average Bonchev–Trinajstić information content (AvgIpc) is 3.29. The van der Waals surface area contributed by atoms with Crippen LogP contribution in [-0.4, -0.2) is 9.52 Å². The van der Waals surface area contributed by atoms with Gasteiger partial charge in [-0.2, -0.15) is 12.1 Å². The molecule has 0 atom stereocenters. The number of hydrogen-bond acceptors (Lipinski definition) is 0. The molecule has 0 heterocycles. The van der Waals surface area contributed by atoms with Crippen molar-refractivity contribution in [2.75, 3.05) is 0 Å². The summed E-state index contributed by atoms with van der Waals surface area (Å²) in [6, 6.07) is 36.2. The monoisotopic (exact) mass is 456 g/mol. The molecule has 0 amide bonds. The first-order chi connectivity index (χ1) is 13.7. The second-order valence-electron chi connectivity index (χ2n) is 6.94. The summed E-state index contributed by atoms with van der Waals surface area (Å²) in [6.45, 7) is 6.44. The molecule has 0 aliphatic rings. The SMILES string of the molecule is C[Si]c1ccccc1.Cc1cc2ccccc2[cH-]1.Cc1cc2ccccc2[cH-]1.[CH3-].[CH3-].[Ti+4].